The van der Waals surface area contributed by atoms with Crippen LogP contribution in [0.5, 0.6) is 0 Å². The van der Waals surface area contributed by atoms with Crippen molar-refractivity contribution in [1.82, 2.24) is 0 Å². The van der Waals surface area contributed by atoms with Crippen molar-refractivity contribution in [2.75, 3.05) is 66.1 Å². The second-order valence-corrected chi connectivity index (χ2v) is 7.87. The molecule has 0 saturated carbocycles. The first-order valence-corrected chi connectivity index (χ1v) is 10.2. The summed E-state index contributed by atoms with van der Waals surface area (Å²) in [6.45, 7) is 12.6. The van der Waals surface area contributed by atoms with E-state index in [9.17, 15) is 0 Å². The Balaban J connectivity index is 1.73. The summed E-state index contributed by atoms with van der Waals surface area (Å²) in [4.78, 5) is 0. The Labute approximate surface area is 169 Å². The van der Waals surface area contributed by atoms with E-state index in [1.165, 1.54) is 5.56 Å². The van der Waals surface area contributed by atoms with Crippen molar-refractivity contribution in [2.24, 2.45) is 0 Å². The van der Waals surface area contributed by atoms with Gasteiger partial charge in [0.1, 0.15) is 6.10 Å². The third-order valence-corrected chi connectivity index (χ3v) is 4.39. The molecule has 1 unspecified atom stereocenters. The van der Waals surface area contributed by atoms with Gasteiger partial charge in [0.25, 0.3) is 0 Å². The van der Waals surface area contributed by atoms with Crippen molar-refractivity contribution in [3.8, 4) is 0 Å². The molecule has 1 atom stereocenters. The molecule has 28 heavy (non-hydrogen) atoms. The number of hydrogen-bond donors (Lipinski definition) is 0. The maximum absolute atomic E-state index is 5.88. The Morgan fingerprint density at radius 2 is 1.32 bits per heavy atom. The minimum atomic E-state index is -0.126. The molecular weight excluding hydrogens is 360 g/mol. The van der Waals surface area contributed by atoms with Gasteiger partial charge in [0.05, 0.1) is 72.7 Å². The molecule has 0 radical (unpaired) electrons. The van der Waals surface area contributed by atoms with Crippen molar-refractivity contribution in [3.05, 3.63) is 35.4 Å². The molecule has 0 amide bonds. The van der Waals surface area contributed by atoms with Gasteiger partial charge in [-0.05, 0) is 16.5 Å². The topological polar surface area (TPSA) is 55.4 Å². The summed E-state index contributed by atoms with van der Waals surface area (Å²) in [5, 5.41) is 0. The fourth-order valence-corrected chi connectivity index (χ4v) is 2.70. The number of hydrogen-bond acceptors (Lipinski definition) is 6. The Kier molecular flexibility index (Phi) is 11.0. The molecule has 1 aromatic rings. The third kappa shape index (κ3) is 9.96. The van der Waals surface area contributed by atoms with Crippen molar-refractivity contribution in [1.29, 1.82) is 0 Å². The van der Waals surface area contributed by atoms with E-state index in [0.717, 1.165) is 5.56 Å². The van der Waals surface area contributed by atoms with Gasteiger partial charge in [0.2, 0.25) is 0 Å². The zero-order chi connectivity index (χ0) is 20.1. The highest BCUT2D eigenvalue weighted by atomic mass is 16.6. The van der Waals surface area contributed by atoms with Crippen LogP contribution in [0.25, 0.3) is 0 Å². The van der Waals surface area contributed by atoms with Gasteiger partial charge in [-0.2, -0.15) is 0 Å². The van der Waals surface area contributed by atoms with Crippen molar-refractivity contribution in [3.63, 3.8) is 0 Å². The standard InChI is InChI=1S/C22H36O6/c1-22(2,3)20-6-4-19(5-7-20)16-27-18-21-17-26-13-12-24-9-8-23-10-11-25-14-15-28-21/h4-7,21H,8-18H2,1-3H3. The maximum Gasteiger partial charge on any atom is 0.104 e. The molecule has 0 spiro atoms. The van der Waals surface area contributed by atoms with Crippen LogP contribution in [-0.2, 0) is 40.4 Å². The van der Waals surface area contributed by atoms with Gasteiger partial charge in [0.15, 0.2) is 0 Å². The molecule has 0 aromatic heterocycles. The van der Waals surface area contributed by atoms with E-state index in [-0.39, 0.29) is 11.5 Å². The van der Waals surface area contributed by atoms with Crippen molar-refractivity contribution >= 4 is 0 Å². The Hall–Kier alpha value is -1.02. The van der Waals surface area contributed by atoms with E-state index in [4.69, 9.17) is 28.4 Å². The van der Waals surface area contributed by atoms with Crippen LogP contribution in [0.2, 0.25) is 0 Å². The van der Waals surface area contributed by atoms with Crippen LogP contribution in [-0.4, -0.2) is 72.2 Å². The molecule has 1 aliphatic rings. The summed E-state index contributed by atoms with van der Waals surface area (Å²) in [5.74, 6) is 0. The van der Waals surface area contributed by atoms with Crippen LogP contribution >= 0.6 is 0 Å². The van der Waals surface area contributed by atoms with E-state index in [2.05, 4.69) is 45.0 Å². The van der Waals surface area contributed by atoms with Crippen LogP contribution in [0, 0.1) is 0 Å². The van der Waals surface area contributed by atoms with Gasteiger partial charge < -0.3 is 28.4 Å². The van der Waals surface area contributed by atoms with Crippen LogP contribution < -0.4 is 0 Å². The second-order valence-electron chi connectivity index (χ2n) is 7.87. The van der Waals surface area contributed by atoms with Gasteiger partial charge in [-0.3, -0.25) is 0 Å². The molecule has 1 aliphatic heterocycles. The lowest BCUT2D eigenvalue weighted by Gasteiger charge is -2.20. The number of benzene rings is 1. The van der Waals surface area contributed by atoms with Gasteiger partial charge in [-0.25, -0.2) is 0 Å². The lowest BCUT2D eigenvalue weighted by atomic mass is 9.87. The van der Waals surface area contributed by atoms with Gasteiger partial charge in [0, 0.05) is 0 Å². The van der Waals surface area contributed by atoms with E-state index in [1.807, 2.05) is 0 Å². The summed E-state index contributed by atoms with van der Waals surface area (Å²) < 4.78 is 33.8. The largest absolute Gasteiger partial charge is 0.377 e. The lowest BCUT2D eigenvalue weighted by Crippen LogP contribution is -2.28. The molecule has 0 bridgehead atoms. The van der Waals surface area contributed by atoms with Crippen molar-refractivity contribution in [2.45, 2.75) is 38.9 Å². The van der Waals surface area contributed by atoms with Crippen LogP contribution in [0.4, 0.5) is 0 Å². The number of ether oxygens (including phenoxy) is 6. The van der Waals surface area contributed by atoms with Crippen LogP contribution in [0.1, 0.15) is 31.9 Å². The van der Waals surface area contributed by atoms with E-state index in [1.54, 1.807) is 0 Å². The van der Waals surface area contributed by atoms with E-state index in [0.29, 0.717) is 72.7 Å². The normalized spacial score (nSPS) is 21.6. The Morgan fingerprint density at radius 3 is 1.89 bits per heavy atom. The monoisotopic (exact) mass is 396 g/mol. The van der Waals surface area contributed by atoms with Crippen LogP contribution in [0.3, 0.4) is 0 Å². The summed E-state index contributed by atoms with van der Waals surface area (Å²) in [6, 6.07) is 8.59. The molecule has 6 nitrogen and oxygen atoms in total. The fraction of sp³-hybridized carbons (Fsp3) is 0.727. The molecule has 1 saturated heterocycles. The predicted molar refractivity (Wildman–Crippen MR) is 108 cm³/mol. The average Bonchev–Trinajstić information content (AvgIpc) is 2.68. The highest BCUT2D eigenvalue weighted by molar-refractivity contribution is 5.27. The highest BCUT2D eigenvalue weighted by Gasteiger charge is 2.14. The summed E-state index contributed by atoms with van der Waals surface area (Å²) >= 11 is 0. The first-order chi connectivity index (χ1) is 13.6. The SMILES string of the molecule is CC(C)(C)c1ccc(COCC2COCCOCCOCCOCCO2)cc1. The van der Waals surface area contributed by atoms with Gasteiger partial charge >= 0.3 is 0 Å². The first-order valence-electron chi connectivity index (χ1n) is 10.2. The van der Waals surface area contributed by atoms with Gasteiger partial charge in [-0.15, -0.1) is 0 Å². The summed E-state index contributed by atoms with van der Waals surface area (Å²) in [5.41, 5.74) is 2.64. The average molecular weight is 397 g/mol. The molecule has 1 heterocycles. The van der Waals surface area contributed by atoms with Crippen molar-refractivity contribution < 1.29 is 28.4 Å². The first kappa shape index (κ1) is 23.3. The molecule has 0 N–H and O–H groups in total. The maximum atomic E-state index is 5.88. The smallest absolute Gasteiger partial charge is 0.104 e. The molecule has 160 valence electrons. The van der Waals surface area contributed by atoms with E-state index < -0.39 is 0 Å². The predicted octanol–water partition coefficient (Wildman–Crippen LogP) is 2.97. The third-order valence-electron chi connectivity index (χ3n) is 4.39. The highest BCUT2D eigenvalue weighted by Crippen LogP contribution is 2.22. The second kappa shape index (κ2) is 13.2. The minimum Gasteiger partial charge on any atom is -0.377 e. The lowest BCUT2D eigenvalue weighted by molar-refractivity contribution is -0.0801. The Bertz CT molecular complexity index is 495. The molecule has 1 fully saturated rings. The van der Waals surface area contributed by atoms with E-state index >= 15 is 0 Å². The quantitative estimate of drug-likeness (QED) is 0.780. The molecule has 1 aromatic carbocycles. The Morgan fingerprint density at radius 1 is 0.786 bits per heavy atom. The van der Waals surface area contributed by atoms with Gasteiger partial charge in [-0.1, -0.05) is 45.0 Å². The minimum absolute atomic E-state index is 0.126. The molecular formula is C22H36O6. The fourth-order valence-electron chi connectivity index (χ4n) is 2.70. The number of rotatable bonds is 4. The zero-order valence-corrected chi connectivity index (χ0v) is 17.6. The summed E-state index contributed by atoms with van der Waals surface area (Å²) in [7, 11) is 0. The zero-order valence-electron chi connectivity index (χ0n) is 17.6. The molecule has 0 aliphatic carbocycles. The van der Waals surface area contributed by atoms with Crippen LogP contribution in [0.15, 0.2) is 24.3 Å². The molecule has 2 rings (SSSR count). The summed E-state index contributed by atoms with van der Waals surface area (Å²) in [6.07, 6.45) is -0.126. The molecule has 6 heteroatoms.